The number of anilines is 1. The molecule has 1 aromatic carbocycles. The molecule has 0 radical (unpaired) electrons. The van der Waals surface area contributed by atoms with E-state index < -0.39 is 0 Å². The van der Waals surface area contributed by atoms with Crippen molar-refractivity contribution >= 4 is 11.7 Å². The number of benzene rings is 1. The van der Waals surface area contributed by atoms with Crippen LogP contribution in [0.15, 0.2) is 59.7 Å². The average molecular weight is 404 g/mol. The number of nitrogens with one attached hydrogen (secondary N) is 1. The van der Waals surface area contributed by atoms with E-state index in [0.29, 0.717) is 23.0 Å². The van der Waals surface area contributed by atoms with Gasteiger partial charge < -0.3 is 10.1 Å². The van der Waals surface area contributed by atoms with E-state index in [9.17, 15) is 9.59 Å². The Morgan fingerprint density at radius 2 is 1.90 bits per heavy atom. The summed E-state index contributed by atoms with van der Waals surface area (Å²) in [5.74, 6) is 0.826. The van der Waals surface area contributed by atoms with Gasteiger partial charge in [-0.2, -0.15) is 0 Å². The third kappa shape index (κ3) is 4.40. The lowest BCUT2D eigenvalue weighted by Crippen LogP contribution is -2.25. The molecule has 3 aromatic rings. The zero-order valence-electron chi connectivity index (χ0n) is 16.9. The quantitative estimate of drug-likeness (QED) is 0.607. The number of carbonyl (C=O) groups excluding carboxylic acids is 1. The Morgan fingerprint density at radius 1 is 1.17 bits per heavy atom. The summed E-state index contributed by atoms with van der Waals surface area (Å²) in [4.78, 5) is 33.8. The highest BCUT2D eigenvalue weighted by molar-refractivity contribution is 6.01. The summed E-state index contributed by atoms with van der Waals surface area (Å²) in [6.45, 7) is 0.00508. The van der Waals surface area contributed by atoms with E-state index in [1.165, 1.54) is 10.6 Å². The number of hydrogen-bond acceptors (Lipinski definition) is 6. The van der Waals surface area contributed by atoms with Gasteiger partial charge in [0, 0.05) is 31.1 Å². The molecule has 1 aliphatic rings. The Kier molecular flexibility index (Phi) is 5.88. The highest BCUT2D eigenvalue weighted by atomic mass is 16.5. The molecule has 0 bridgehead atoms. The molecule has 0 amide bonds. The van der Waals surface area contributed by atoms with Gasteiger partial charge in [0.25, 0.3) is 5.56 Å². The van der Waals surface area contributed by atoms with Crippen molar-refractivity contribution in [2.45, 2.75) is 31.8 Å². The summed E-state index contributed by atoms with van der Waals surface area (Å²) in [5.41, 5.74) is 1.64. The number of ether oxygens (including phenoxy) is 1. The molecule has 0 spiro atoms. The van der Waals surface area contributed by atoms with Gasteiger partial charge >= 0.3 is 0 Å². The Morgan fingerprint density at radius 3 is 2.67 bits per heavy atom. The maximum Gasteiger partial charge on any atom is 0.255 e. The summed E-state index contributed by atoms with van der Waals surface area (Å²) in [6.07, 6.45) is 7.83. The first-order valence-electron chi connectivity index (χ1n) is 10.1. The lowest BCUT2D eigenvalue weighted by Gasteiger charge is -2.16. The molecule has 2 aromatic heterocycles. The van der Waals surface area contributed by atoms with Gasteiger partial charge in [0.15, 0.2) is 5.78 Å². The van der Waals surface area contributed by atoms with Crippen LogP contribution >= 0.6 is 0 Å². The highest BCUT2D eigenvalue weighted by Crippen LogP contribution is 2.27. The first-order chi connectivity index (χ1) is 14.6. The second-order valence-corrected chi connectivity index (χ2v) is 7.40. The van der Waals surface area contributed by atoms with Crippen LogP contribution in [0, 0.1) is 0 Å². The number of ketones is 1. The molecular weight excluding hydrogens is 380 g/mol. The second kappa shape index (κ2) is 8.90. The SMILES string of the molecule is Cn1c(NCC(=O)c2ccccc2OC2CCCC2)nc(-c2ccncc2)cc1=O. The normalized spacial score (nSPS) is 13.9. The Hall–Kier alpha value is -3.48. The lowest BCUT2D eigenvalue weighted by molar-refractivity contribution is 0.0998. The number of Topliss-reactive ketones (excluding diaryl/α,β-unsaturated/α-hetero) is 1. The van der Waals surface area contributed by atoms with E-state index in [4.69, 9.17) is 4.74 Å². The van der Waals surface area contributed by atoms with Crippen LogP contribution < -0.4 is 15.6 Å². The van der Waals surface area contributed by atoms with Gasteiger partial charge in [0.05, 0.1) is 23.9 Å². The summed E-state index contributed by atoms with van der Waals surface area (Å²) in [7, 11) is 1.62. The zero-order chi connectivity index (χ0) is 20.9. The molecule has 4 rings (SSSR count). The van der Waals surface area contributed by atoms with Crippen molar-refractivity contribution in [2.75, 3.05) is 11.9 Å². The third-order valence-electron chi connectivity index (χ3n) is 5.30. The standard InChI is InChI=1S/C23H24N4O3/c1-27-22(29)14-19(16-10-12-24-13-11-16)26-23(27)25-15-20(28)18-8-4-5-9-21(18)30-17-6-2-3-7-17/h4-5,8-14,17H,2-3,6-7,15H2,1H3,(H,25,26). The van der Waals surface area contributed by atoms with Crippen LogP contribution in [-0.4, -0.2) is 33.0 Å². The van der Waals surface area contributed by atoms with Gasteiger partial charge in [-0.3, -0.25) is 19.1 Å². The van der Waals surface area contributed by atoms with Crippen molar-refractivity contribution in [3.8, 4) is 17.0 Å². The molecule has 1 saturated carbocycles. The summed E-state index contributed by atoms with van der Waals surface area (Å²) >= 11 is 0. The molecule has 0 atom stereocenters. The van der Waals surface area contributed by atoms with Gasteiger partial charge in [0.1, 0.15) is 5.75 Å². The summed E-state index contributed by atoms with van der Waals surface area (Å²) < 4.78 is 7.46. The molecule has 2 heterocycles. The van der Waals surface area contributed by atoms with Crippen molar-refractivity contribution in [1.82, 2.24) is 14.5 Å². The van der Waals surface area contributed by atoms with Crippen molar-refractivity contribution in [1.29, 1.82) is 0 Å². The van der Waals surface area contributed by atoms with E-state index in [0.717, 1.165) is 31.2 Å². The molecule has 1 fully saturated rings. The number of rotatable bonds is 7. The minimum Gasteiger partial charge on any atom is -0.490 e. The molecule has 154 valence electrons. The number of aromatic nitrogens is 3. The maximum atomic E-state index is 12.9. The number of para-hydroxylation sites is 1. The molecule has 1 N–H and O–H groups in total. The van der Waals surface area contributed by atoms with Crippen molar-refractivity contribution in [3.63, 3.8) is 0 Å². The predicted molar refractivity (Wildman–Crippen MR) is 115 cm³/mol. The maximum absolute atomic E-state index is 12.9. The Bertz CT molecular complexity index is 1090. The predicted octanol–water partition coefficient (Wildman–Crippen LogP) is 3.46. The molecule has 7 heteroatoms. The number of pyridine rings is 1. The first-order valence-corrected chi connectivity index (χ1v) is 10.1. The van der Waals surface area contributed by atoms with Gasteiger partial charge in [-0.05, 0) is 49.9 Å². The van der Waals surface area contributed by atoms with E-state index in [-0.39, 0.29) is 24.0 Å². The van der Waals surface area contributed by atoms with E-state index in [2.05, 4.69) is 15.3 Å². The topological polar surface area (TPSA) is 86.1 Å². The van der Waals surface area contributed by atoms with Crippen LogP contribution in [0.1, 0.15) is 36.0 Å². The van der Waals surface area contributed by atoms with Crippen molar-refractivity contribution < 1.29 is 9.53 Å². The molecule has 7 nitrogen and oxygen atoms in total. The number of nitrogens with zero attached hydrogens (tertiary/aromatic N) is 3. The smallest absolute Gasteiger partial charge is 0.255 e. The zero-order valence-corrected chi connectivity index (χ0v) is 16.9. The summed E-state index contributed by atoms with van der Waals surface area (Å²) in [5, 5.41) is 3.01. The Balaban J connectivity index is 1.52. The van der Waals surface area contributed by atoms with Gasteiger partial charge in [0.2, 0.25) is 5.95 Å². The van der Waals surface area contributed by atoms with E-state index >= 15 is 0 Å². The van der Waals surface area contributed by atoms with Crippen molar-refractivity contribution in [2.24, 2.45) is 7.05 Å². The molecule has 1 aliphatic carbocycles. The molecule has 0 saturated heterocycles. The molecule has 0 aliphatic heterocycles. The monoisotopic (exact) mass is 404 g/mol. The molecule has 0 unspecified atom stereocenters. The third-order valence-corrected chi connectivity index (χ3v) is 5.30. The lowest BCUT2D eigenvalue weighted by atomic mass is 10.1. The largest absolute Gasteiger partial charge is 0.490 e. The van der Waals surface area contributed by atoms with E-state index in [1.807, 2.05) is 18.2 Å². The minimum absolute atomic E-state index is 0.00508. The van der Waals surface area contributed by atoms with Crippen LogP contribution in [0.3, 0.4) is 0 Å². The fourth-order valence-corrected chi connectivity index (χ4v) is 3.61. The van der Waals surface area contributed by atoms with Gasteiger partial charge in [-0.15, -0.1) is 0 Å². The highest BCUT2D eigenvalue weighted by Gasteiger charge is 2.20. The molecular formula is C23H24N4O3. The van der Waals surface area contributed by atoms with Crippen LogP contribution in [-0.2, 0) is 7.05 Å². The molecule has 30 heavy (non-hydrogen) atoms. The Labute approximate surface area is 174 Å². The van der Waals surface area contributed by atoms with Gasteiger partial charge in [-0.25, -0.2) is 4.98 Å². The van der Waals surface area contributed by atoms with Crippen LogP contribution in [0.2, 0.25) is 0 Å². The van der Waals surface area contributed by atoms with E-state index in [1.54, 1.807) is 37.6 Å². The van der Waals surface area contributed by atoms with Crippen molar-refractivity contribution in [3.05, 3.63) is 70.8 Å². The van der Waals surface area contributed by atoms with Crippen LogP contribution in [0.4, 0.5) is 5.95 Å². The fourth-order valence-electron chi connectivity index (χ4n) is 3.61. The summed E-state index contributed by atoms with van der Waals surface area (Å²) in [6, 6.07) is 12.3. The van der Waals surface area contributed by atoms with Crippen LogP contribution in [0.25, 0.3) is 11.3 Å². The first kappa shape index (κ1) is 19.8. The second-order valence-electron chi connectivity index (χ2n) is 7.40. The fraction of sp³-hybridized carbons (Fsp3) is 0.304. The number of hydrogen-bond donors (Lipinski definition) is 1. The van der Waals surface area contributed by atoms with Crippen LogP contribution in [0.5, 0.6) is 5.75 Å². The average Bonchev–Trinajstić information content (AvgIpc) is 3.28. The van der Waals surface area contributed by atoms with Gasteiger partial charge in [-0.1, -0.05) is 12.1 Å². The number of carbonyl (C=O) groups is 1. The minimum atomic E-state index is -0.211.